The van der Waals surface area contributed by atoms with E-state index in [-0.39, 0.29) is 6.04 Å². The van der Waals surface area contributed by atoms with Crippen LogP contribution in [0.25, 0.3) is 0 Å². The highest BCUT2D eigenvalue weighted by Crippen LogP contribution is 2.33. The van der Waals surface area contributed by atoms with Gasteiger partial charge in [0.1, 0.15) is 11.5 Å². The first kappa shape index (κ1) is 14.9. The molecule has 0 aliphatic rings. The average molecular weight is 291 g/mol. The minimum Gasteiger partial charge on any atom is -0.497 e. The fourth-order valence-corrected chi connectivity index (χ4v) is 2.88. The summed E-state index contributed by atoms with van der Waals surface area (Å²) in [6.07, 6.45) is 1.10. The molecule has 108 valence electrons. The fourth-order valence-electron chi connectivity index (χ4n) is 2.19. The van der Waals surface area contributed by atoms with Crippen molar-refractivity contribution >= 4 is 11.3 Å². The third-order valence-electron chi connectivity index (χ3n) is 3.23. The van der Waals surface area contributed by atoms with Gasteiger partial charge in [0.15, 0.2) is 0 Å². The lowest BCUT2D eigenvalue weighted by Crippen LogP contribution is -2.23. The highest BCUT2D eigenvalue weighted by molar-refractivity contribution is 7.08. The molecule has 0 saturated heterocycles. The number of methoxy groups -OCH3 is 2. The van der Waals surface area contributed by atoms with E-state index in [0.717, 1.165) is 30.0 Å². The first-order valence-electron chi connectivity index (χ1n) is 6.77. The molecule has 0 radical (unpaired) electrons. The van der Waals surface area contributed by atoms with E-state index in [1.54, 1.807) is 25.6 Å². The number of ether oxygens (including phenoxy) is 2. The summed E-state index contributed by atoms with van der Waals surface area (Å²) in [5, 5.41) is 7.87. The standard InChI is InChI=1S/C16H21NO2S/c1-4-8-17-16(12-7-9-20-11-12)14-6-5-13(18-2)10-15(14)19-3/h5-7,9-11,16-17H,4,8H2,1-3H3. The zero-order valence-corrected chi connectivity index (χ0v) is 13.0. The van der Waals surface area contributed by atoms with Gasteiger partial charge in [0.25, 0.3) is 0 Å². The van der Waals surface area contributed by atoms with Crippen LogP contribution in [0.2, 0.25) is 0 Å². The molecule has 2 rings (SSSR count). The third-order valence-corrected chi connectivity index (χ3v) is 3.93. The Morgan fingerprint density at radius 3 is 2.65 bits per heavy atom. The van der Waals surface area contributed by atoms with E-state index in [4.69, 9.17) is 9.47 Å². The van der Waals surface area contributed by atoms with Gasteiger partial charge in [-0.2, -0.15) is 11.3 Å². The monoisotopic (exact) mass is 291 g/mol. The molecule has 4 heteroatoms. The summed E-state index contributed by atoms with van der Waals surface area (Å²) in [6, 6.07) is 8.29. The molecular weight excluding hydrogens is 270 g/mol. The zero-order valence-electron chi connectivity index (χ0n) is 12.2. The molecule has 0 fully saturated rings. The predicted octanol–water partition coefficient (Wildman–Crippen LogP) is 3.85. The van der Waals surface area contributed by atoms with Gasteiger partial charge in [-0.15, -0.1) is 0 Å². The summed E-state index contributed by atoms with van der Waals surface area (Å²) in [6.45, 7) is 3.14. The second kappa shape index (κ2) is 7.31. The Morgan fingerprint density at radius 2 is 2.05 bits per heavy atom. The normalized spacial score (nSPS) is 12.2. The molecule has 0 aliphatic carbocycles. The van der Waals surface area contributed by atoms with Crippen LogP contribution in [0.1, 0.15) is 30.5 Å². The Hall–Kier alpha value is -1.52. The maximum atomic E-state index is 5.53. The van der Waals surface area contributed by atoms with Crippen LogP contribution in [0.4, 0.5) is 0 Å². The molecule has 1 atom stereocenters. The topological polar surface area (TPSA) is 30.5 Å². The summed E-state index contributed by atoms with van der Waals surface area (Å²) in [5.41, 5.74) is 2.41. The minimum absolute atomic E-state index is 0.155. The fraction of sp³-hybridized carbons (Fsp3) is 0.375. The SMILES string of the molecule is CCCNC(c1ccsc1)c1ccc(OC)cc1OC. The lowest BCUT2D eigenvalue weighted by atomic mass is 10.00. The highest BCUT2D eigenvalue weighted by atomic mass is 32.1. The van der Waals surface area contributed by atoms with E-state index in [0.29, 0.717) is 0 Å². The molecule has 1 N–H and O–H groups in total. The molecule has 1 aromatic heterocycles. The summed E-state index contributed by atoms with van der Waals surface area (Å²) in [4.78, 5) is 0. The van der Waals surface area contributed by atoms with Gasteiger partial charge in [0.05, 0.1) is 20.3 Å². The van der Waals surface area contributed by atoms with E-state index >= 15 is 0 Å². The molecule has 1 aromatic carbocycles. The molecule has 0 saturated carbocycles. The lowest BCUT2D eigenvalue weighted by molar-refractivity contribution is 0.387. The summed E-state index contributed by atoms with van der Waals surface area (Å²) >= 11 is 1.71. The number of benzene rings is 1. The van der Waals surface area contributed by atoms with Crippen molar-refractivity contribution in [2.45, 2.75) is 19.4 Å². The Morgan fingerprint density at radius 1 is 1.20 bits per heavy atom. The number of rotatable bonds is 7. The zero-order chi connectivity index (χ0) is 14.4. The molecule has 0 aliphatic heterocycles. The van der Waals surface area contributed by atoms with Crippen molar-refractivity contribution < 1.29 is 9.47 Å². The summed E-state index contributed by atoms with van der Waals surface area (Å²) in [5.74, 6) is 1.66. The van der Waals surface area contributed by atoms with Crippen LogP contribution < -0.4 is 14.8 Å². The average Bonchev–Trinajstić information content (AvgIpc) is 3.02. The van der Waals surface area contributed by atoms with Crippen LogP contribution in [-0.2, 0) is 0 Å². The van der Waals surface area contributed by atoms with Gasteiger partial charge in [-0.1, -0.05) is 6.92 Å². The molecule has 20 heavy (non-hydrogen) atoms. The van der Waals surface area contributed by atoms with Gasteiger partial charge >= 0.3 is 0 Å². The summed E-state index contributed by atoms with van der Waals surface area (Å²) in [7, 11) is 3.36. The predicted molar refractivity (Wildman–Crippen MR) is 84.0 cm³/mol. The molecule has 1 unspecified atom stereocenters. The second-order valence-electron chi connectivity index (χ2n) is 4.55. The van der Waals surface area contributed by atoms with Crippen molar-refractivity contribution in [3.8, 4) is 11.5 Å². The Bertz CT molecular complexity index is 525. The van der Waals surface area contributed by atoms with Crippen LogP contribution in [0.5, 0.6) is 11.5 Å². The number of thiophene rings is 1. The number of hydrogen-bond acceptors (Lipinski definition) is 4. The third kappa shape index (κ3) is 3.32. The quantitative estimate of drug-likeness (QED) is 0.840. The maximum Gasteiger partial charge on any atom is 0.127 e. The molecule has 1 heterocycles. The Labute approximate surface area is 124 Å². The van der Waals surface area contributed by atoms with Crippen LogP contribution >= 0.6 is 11.3 Å². The molecule has 0 amide bonds. The van der Waals surface area contributed by atoms with Crippen molar-refractivity contribution in [1.29, 1.82) is 0 Å². The number of nitrogens with one attached hydrogen (secondary N) is 1. The minimum atomic E-state index is 0.155. The summed E-state index contributed by atoms with van der Waals surface area (Å²) < 4.78 is 10.8. The van der Waals surface area contributed by atoms with E-state index in [1.165, 1.54) is 5.56 Å². The van der Waals surface area contributed by atoms with Crippen LogP contribution in [0.3, 0.4) is 0 Å². The largest absolute Gasteiger partial charge is 0.497 e. The van der Waals surface area contributed by atoms with Gasteiger partial charge in [-0.25, -0.2) is 0 Å². The smallest absolute Gasteiger partial charge is 0.127 e. The van der Waals surface area contributed by atoms with Crippen LogP contribution in [0, 0.1) is 0 Å². The molecular formula is C16H21NO2S. The van der Waals surface area contributed by atoms with E-state index in [9.17, 15) is 0 Å². The van der Waals surface area contributed by atoms with Crippen molar-refractivity contribution in [1.82, 2.24) is 5.32 Å². The molecule has 3 nitrogen and oxygen atoms in total. The van der Waals surface area contributed by atoms with E-state index in [1.807, 2.05) is 12.1 Å². The van der Waals surface area contributed by atoms with E-state index in [2.05, 4.69) is 35.1 Å². The van der Waals surface area contributed by atoms with Crippen molar-refractivity contribution in [3.05, 3.63) is 46.2 Å². The Kier molecular flexibility index (Phi) is 5.44. The van der Waals surface area contributed by atoms with Crippen LogP contribution in [-0.4, -0.2) is 20.8 Å². The number of hydrogen-bond donors (Lipinski definition) is 1. The van der Waals surface area contributed by atoms with Crippen molar-refractivity contribution in [3.63, 3.8) is 0 Å². The van der Waals surface area contributed by atoms with Crippen molar-refractivity contribution in [2.75, 3.05) is 20.8 Å². The van der Waals surface area contributed by atoms with Gasteiger partial charge in [0.2, 0.25) is 0 Å². The van der Waals surface area contributed by atoms with Gasteiger partial charge in [0, 0.05) is 11.6 Å². The molecule has 2 aromatic rings. The van der Waals surface area contributed by atoms with Crippen molar-refractivity contribution in [2.24, 2.45) is 0 Å². The Balaban J connectivity index is 2.37. The molecule has 0 spiro atoms. The van der Waals surface area contributed by atoms with Gasteiger partial charge in [-0.3, -0.25) is 0 Å². The maximum absolute atomic E-state index is 5.53. The first-order valence-corrected chi connectivity index (χ1v) is 7.71. The second-order valence-corrected chi connectivity index (χ2v) is 5.33. The van der Waals surface area contributed by atoms with Gasteiger partial charge < -0.3 is 14.8 Å². The van der Waals surface area contributed by atoms with Crippen LogP contribution in [0.15, 0.2) is 35.0 Å². The lowest BCUT2D eigenvalue weighted by Gasteiger charge is -2.21. The molecule has 0 bridgehead atoms. The first-order chi connectivity index (χ1) is 9.80. The van der Waals surface area contributed by atoms with E-state index < -0.39 is 0 Å². The highest BCUT2D eigenvalue weighted by Gasteiger charge is 2.18. The van der Waals surface area contributed by atoms with Gasteiger partial charge in [-0.05, 0) is 47.5 Å².